The zero-order chi connectivity index (χ0) is 24.4. The molecule has 1 fully saturated rings. The summed E-state index contributed by atoms with van der Waals surface area (Å²) in [5.74, 6) is -1.02. The number of carbonyl (C=O) groups excluding carboxylic acids is 1. The van der Waals surface area contributed by atoms with E-state index in [1.165, 1.54) is 29.2 Å². The number of amides is 1. The summed E-state index contributed by atoms with van der Waals surface area (Å²) in [7, 11) is -3.97. The number of rotatable bonds is 6. The van der Waals surface area contributed by atoms with Crippen LogP contribution in [0.4, 0.5) is 17.6 Å². The summed E-state index contributed by atoms with van der Waals surface area (Å²) in [6.45, 7) is 3.33. The summed E-state index contributed by atoms with van der Waals surface area (Å²) in [6, 6.07) is 9.15. The molecule has 0 spiro atoms. The number of ether oxygens (including phenoxy) is 2. The number of piperazine rings is 1. The fraction of sp³-hybridized carbons (Fsp3) is 0.381. The topological polar surface area (TPSA) is 76.2 Å². The summed E-state index contributed by atoms with van der Waals surface area (Å²) in [4.78, 5) is 14.2. The Morgan fingerprint density at radius 1 is 0.848 bits per heavy atom. The molecular weight excluding hydrogens is 468 g/mol. The van der Waals surface area contributed by atoms with E-state index in [9.17, 15) is 30.8 Å². The van der Waals surface area contributed by atoms with Gasteiger partial charge in [0.05, 0.1) is 4.90 Å². The van der Waals surface area contributed by atoms with Crippen molar-refractivity contribution in [2.45, 2.75) is 30.7 Å². The molecule has 1 aliphatic rings. The maximum Gasteiger partial charge on any atom is 0.573 e. The van der Waals surface area contributed by atoms with Gasteiger partial charge in [-0.05, 0) is 62.4 Å². The van der Waals surface area contributed by atoms with Crippen molar-refractivity contribution in [3.63, 3.8) is 0 Å². The van der Waals surface area contributed by atoms with E-state index >= 15 is 0 Å². The summed E-state index contributed by atoms with van der Waals surface area (Å²) in [5, 5.41) is 0. The van der Waals surface area contributed by atoms with Crippen LogP contribution in [-0.4, -0.2) is 61.7 Å². The van der Waals surface area contributed by atoms with Crippen molar-refractivity contribution >= 4 is 15.9 Å². The van der Waals surface area contributed by atoms with Crippen molar-refractivity contribution in [3.8, 4) is 11.5 Å². The Labute approximate surface area is 188 Å². The van der Waals surface area contributed by atoms with Gasteiger partial charge in [0.25, 0.3) is 5.91 Å². The molecule has 0 aromatic heterocycles. The number of hydrogen-bond donors (Lipinski definition) is 0. The molecule has 0 atom stereocenters. The normalized spacial score (nSPS) is 15.9. The lowest BCUT2D eigenvalue weighted by atomic mass is 10.1. The second-order valence-electron chi connectivity index (χ2n) is 7.78. The molecule has 33 heavy (non-hydrogen) atoms. The van der Waals surface area contributed by atoms with Crippen LogP contribution >= 0.6 is 0 Å². The number of alkyl halides is 3. The first-order valence-corrected chi connectivity index (χ1v) is 11.3. The van der Waals surface area contributed by atoms with Crippen molar-refractivity contribution in [3.05, 3.63) is 54.3 Å². The van der Waals surface area contributed by atoms with Crippen LogP contribution in [0.2, 0.25) is 0 Å². The Morgan fingerprint density at radius 3 is 1.85 bits per heavy atom. The summed E-state index contributed by atoms with van der Waals surface area (Å²) < 4.78 is 86.2. The van der Waals surface area contributed by atoms with E-state index in [2.05, 4.69) is 4.74 Å². The lowest BCUT2D eigenvalue weighted by Crippen LogP contribution is -2.56. The van der Waals surface area contributed by atoms with E-state index in [4.69, 9.17) is 4.74 Å². The van der Waals surface area contributed by atoms with Gasteiger partial charge in [0.2, 0.25) is 10.0 Å². The number of halogens is 4. The molecule has 1 amide bonds. The molecule has 0 radical (unpaired) electrons. The van der Waals surface area contributed by atoms with Crippen LogP contribution < -0.4 is 9.47 Å². The van der Waals surface area contributed by atoms with Crippen LogP contribution in [0.25, 0.3) is 0 Å². The number of nitrogens with zero attached hydrogens (tertiary/aromatic N) is 2. The minimum atomic E-state index is -4.88. The Kier molecular flexibility index (Phi) is 6.89. The highest BCUT2D eigenvalue weighted by atomic mass is 32.2. The van der Waals surface area contributed by atoms with Crippen LogP contribution in [0.5, 0.6) is 11.5 Å². The van der Waals surface area contributed by atoms with Gasteiger partial charge >= 0.3 is 6.36 Å². The summed E-state index contributed by atoms with van der Waals surface area (Å²) in [5.41, 5.74) is -1.27. The SMILES string of the molecule is CC(C)(Oc1ccc(F)cc1)C(=O)N1CCN(S(=O)(=O)c2ccc(OC(F)(F)F)cc2)CC1. The lowest BCUT2D eigenvalue weighted by Gasteiger charge is -2.38. The zero-order valence-electron chi connectivity index (χ0n) is 17.8. The van der Waals surface area contributed by atoms with Crippen molar-refractivity contribution in [1.82, 2.24) is 9.21 Å². The van der Waals surface area contributed by atoms with Crippen LogP contribution in [0.3, 0.4) is 0 Å². The first-order valence-electron chi connectivity index (χ1n) is 9.88. The maximum absolute atomic E-state index is 13.1. The molecule has 7 nitrogen and oxygen atoms in total. The largest absolute Gasteiger partial charge is 0.573 e. The number of benzene rings is 2. The van der Waals surface area contributed by atoms with E-state index in [1.54, 1.807) is 13.8 Å². The quantitative estimate of drug-likeness (QED) is 0.581. The van der Waals surface area contributed by atoms with Crippen molar-refractivity contribution < 1.29 is 40.2 Å². The third-order valence-electron chi connectivity index (χ3n) is 4.92. The minimum absolute atomic E-state index is 0.00149. The van der Waals surface area contributed by atoms with Gasteiger partial charge in [0, 0.05) is 26.2 Å². The highest BCUT2D eigenvalue weighted by Crippen LogP contribution is 2.26. The molecule has 3 rings (SSSR count). The number of carbonyl (C=O) groups is 1. The van der Waals surface area contributed by atoms with E-state index in [-0.39, 0.29) is 37.0 Å². The molecule has 0 aliphatic carbocycles. The highest BCUT2D eigenvalue weighted by Gasteiger charge is 2.38. The van der Waals surface area contributed by atoms with Gasteiger partial charge in [-0.3, -0.25) is 4.79 Å². The zero-order valence-corrected chi connectivity index (χ0v) is 18.6. The van der Waals surface area contributed by atoms with Gasteiger partial charge < -0.3 is 14.4 Å². The first kappa shape index (κ1) is 24.8. The molecule has 0 saturated carbocycles. The molecule has 1 heterocycles. The monoisotopic (exact) mass is 490 g/mol. The van der Waals surface area contributed by atoms with Gasteiger partial charge in [-0.15, -0.1) is 13.2 Å². The molecular formula is C21H22F4N2O5S. The summed E-state index contributed by atoms with van der Waals surface area (Å²) >= 11 is 0. The third kappa shape index (κ3) is 6.14. The van der Waals surface area contributed by atoms with Crippen LogP contribution in [0.1, 0.15) is 13.8 Å². The Balaban J connectivity index is 1.62. The number of hydrogen-bond acceptors (Lipinski definition) is 5. The van der Waals surface area contributed by atoms with Crippen LogP contribution in [-0.2, 0) is 14.8 Å². The van der Waals surface area contributed by atoms with Crippen LogP contribution in [0.15, 0.2) is 53.4 Å². The number of sulfonamides is 1. The fourth-order valence-electron chi connectivity index (χ4n) is 3.32. The van der Waals surface area contributed by atoms with Gasteiger partial charge in [-0.1, -0.05) is 0 Å². The van der Waals surface area contributed by atoms with Crippen molar-refractivity contribution in [1.29, 1.82) is 0 Å². The minimum Gasteiger partial charge on any atom is -0.478 e. The van der Waals surface area contributed by atoms with Crippen LogP contribution in [0, 0.1) is 5.82 Å². The molecule has 180 valence electrons. The second kappa shape index (κ2) is 9.18. The Morgan fingerprint density at radius 2 is 1.33 bits per heavy atom. The molecule has 2 aromatic carbocycles. The molecule has 1 aliphatic heterocycles. The maximum atomic E-state index is 13.1. The molecule has 12 heteroatoms. The predicted octanol–water partition coefficient (Wildman–Crippen LogP) is 3.41. The van der Waals surface area contributed by atoms with Crippen molar-refractivity contribution in [2.75, 3.05) is 26.2 Å². The highest BCUT2D eigenvalue weighted by molar-refractivity contribution is 7.89. The molecule has 0 N–H and O–H groups in total. The van der Waals surface area contributed by atoms with E-state index < -0.39 is 33.6 Å². The molecule has 0 unspecified atom stereocenters. The molecule has 1 saturated heterocycles. The molecule has 0 bridgehead atoms. The lowest BCUT2D eigenvalue weighted by molar-refractivity contribution is -0.274. The third-order valence-corrected chi connectivity index (χ3v) is 6.84. The van der Waals surface area contributed by atoms with Gasteiger partial charge in [-0.25, -0.2) is 12.8 Å². The smallest absolute Gasteiger partial charge is 0.478 e. The second-order valence-corrected chi connectivity index (χ2v) is 9.72. The van der Waals surface area contributed by atoms with Gasteiger partial charge in [0.1, 0.15) is 17.3 Å². The van der Waals surface area contributed by atoms with E-state index in [1.807, 2.05) is 0 Å². The van der Waals surface area contributed by atoms with Gasteiger partial charge in [-0.2, -0.15) is 4.31 Å². The average molecular weight is 490 g/mol. The van der Waals surface area contributed by atoms with Crippen molar-refractivity contribution in [2.24, 2.45) is 0 Å². The predicted molar refractivity (Wildman–Crippen MR) is 110 cm³/mol. The molecule has 2 aromatic rings. The Bertz CT molecular complexity index is 1080. The van der Waals surface area contributed by atoms with E-state index in [0.29, 0.717) is 5.75 Å². The van der Waals surface area contributed by atoms with Gasteiger partial charge in [0.15, 0.2) is 5.60 Å². The Hall–Kier alpha value is -2.86. The summed E-state index contributed by atoms with van der Waals surface area (Å²) in [6.07, 6.45) is -4.88. The first-order chi connectivity index (χ1) is 15.3. The van der Waals surface area contributed by atoms with E-state index in [0.717, 1.165) is 28.6 Å². The standard InChI is InChI=1S/C21H22F4N2O5S/c1-20(2,31-16-5-3-15(22)4-6-16)19(28)26-11-13-27(14-12-26)33(29,30)18-9-7-17(8-10-18)32-21(23,24)25/h3-10H,11-14H2,1-2H3. The average Bonchev–Trinajstić information content (AvgIpc) is 2.74. The fourth-order valence-corrected chi connectivity index (χ4v) is 4.74.